The monoisotopic (exact) mass is 489 g/mol. The molecule has 0 saturated carbocycles. The lowest BCUT2D eigenvalue weighted by molar-refractivity contribution is -0.143. The van der Waals surface area contributed by atoms with Gasteiger partial charge in [-0.05, 0) is 12.1 Å². The van der Waals surface area contributed by atoms with Gasteiger partial charge >= 0.3 is 12.1 Å². The van der Waals surface area contributed by atoms with E-state index in [1.807, 2.05) is 0 Å². The Labute approximate surface area is 183 Å². The minimum Gasteiger partial charge on any atom is -0.497 e. The number of methoxy groups -OCH3 is 2. The lowest BCUT2D eigenvalue weighted by Gasteiger charge is -2.13. The molecule has 0 bridgehead atoms. The summed E-state index contributed by atoms with van der Waals surface area (Å²) >= 11 is 17.9. The third-order valence-corrected chi connectivity index (χ3v) is 5.04. The summed E-state index contributed by atoms with van der Waals surface area (Å²) in [5.74, 6) is -1.72. The number of nitrogens with zero attached hydrogens (tertiary/aromatic N) is 1. The van der Waals surface area contributed by atoms with Crippen LogP contribution in [0.25, 0.3) is 11.1 Å². The average Bonchev–Trinajstić information content (AvgIpc) is 2.88. The third kappa shape index (κ3) is 4.96. The fraction of sp³-hybridized carbons (Fsp3) is 0.278. The van der Waals surface area contributed by atoms with Crippen molar-refractivity contribution in [1.29, 1.82) is 0 Å². The minimum atomic E-state index is -4.82. The number of carbonyl (C=O) groups excluding carboxylic acids is 1. The smallest absolute Gasteiger partial charge is 0.432 e. The van der Waals surface area contributed by atoms with Crippen molar-refractivity contribution >= 4 is 40.8 Å². The van der Waals surface area contributed by atoms with Gasteiger partial charge in [0.15, 0.2) is 0 Å². The molecular weight excluding hydrogens is 477 g/mol. The number of rotatable bonds is 6. The van der Waals surface area contributed by atoms with E-state index in [-0.39, 0.29) is 34.3 Å². The zero-order valence-electron chi connectivity index (χ0n) is 15.7. The SMILES string of the molecule is COC(=O)C=C(COc1cc(-c2c(Cl)c(C(F)(F)F)n(C)c2Cl)c(F)cc1Cl)OC. The molecule has 0 radical (unpaired) electrons. The highest BCUT2D eigenvalue weighted by Crippen LogP contribution is 2.47. The molecule has 0 aliphatic carbocycles. The first-order valence-electron chi connectivity index (χ1n) is 7.97. The predicted molar refractivity (Wildman–Crippen MR) is 103 cm³/mol. The van der Waals surface area contributed by atoms with Crippen molar-refractivity contribution < 1.29 is 36.6 Å². The number of halogens is 7. The Kier molecular flexibility index (Phi) is 7.54. The fourth-order valence-electron chi connectivity index (χ4n) is 2.50. The van der Waals surface area contributed by atoms with E-state index in [9.17, 15) is 22.4 Å². The maximum atomic E-state index is 14.6. The van der Waals surface area contributed by atoms with Gasteiger partial charge in [0.1, 0.15) is 34.8 Å². The van der Waals surface area contributed by atoms with Gasteiger partial charge in [-0.15, -0.1) is 0 Å². The van der Waals surface area contributed by atoms with Crippen molar-refractivity contribution in [1.82, 2.24) is 4.57 Å². The van der Waals surface area contributed by atoms with Crippen molar-refractivity contribution in [3.05, 3.63) is 50.7 Å². The molecule has 0 atom stereocenters. The van der Waals surface area contributed by atoms with Crippen LogP contribution >= 0.6 is 34.8 Å². The Morgan fingerprint density at radius 3 is 2.30 bits per heavy atom. The summed E-state index contributed by atoms with van der Waals surface area (Å²) < 4.78 is 69.9. The standard InChI is InChI=1S/C18H14Cl3F4NO4/c1-26-16(18(23,24)25)15(20)14(17(26)21)9-5-12(10(19)6-11(9)22)30-7-8(28-2)4-13(27)29-3/h4-6H,7H2,1-3H3. The molecule has 0 aliphatic rings. The summed E-state index contributed by atoms with van der Waals surface area (Å²) in [5, 5.41) is -1.38. The summed E-state index contributed by atoms with van der Waals surface area (Å²) in [4.78, 5) is 11.3. The Balaban J connectivity index is 2.51. The van der Waals surface area contributed by atoms with Gasteiger partial charge < -0.3 is 18.8 Å². The summed E-state index contributed by atoms with van der Waals surface area (Å²) in [6, 6.07) is 1.89. The van der Waals surface area contributed by atoms with Gasteiger partial charge in [0, 0.05) is 18.2 Å². The largest absolute Gasteiger partial charge is 0.497 e. The number of aromatic nitrogens is 1. The van der Waals surface area contributed by atoms with E-state index in [2.05, 4.69) is 4.74 Å². The Morgan fingerprint density at radius 2 is 1.80 bits per heavy atom. The van der Waals surface area contributed by atoms with Gasteiger partial charge in [0.25, 0.3) is 0 Å². The Hall–Kier alpha value is -2.10. The van der Waals surface area contributed by atoms with Crippen LogP contribution in [0.5, 0.6) is 5.75 Å². The molecule has 0 unspecified atom stereocenters. The van der Waals surface area contributed by atoms with Crippen LogP contribution in [0.1, 0.15) is 5.69 Å². The molecule has 0 aliphatic heterocycles. The third-order valence-electron chi connectivity index (χ3n) is 3.94. The lowest BCUT2D eigenvalue weighted by Crippen LogP contribution is -2.11. The average molecular weight is 491 g/mol. The van der Waals surface area contributed by atoms with Crippen LogP contribution in [0.4, 0.5) is 17.6 Å². The zero-order chi connectivity index (χ0) is 22.8. The minimum absolute atomic E-state index is 0.0546. The molecule has 0 N–H and O–H groups in total. The number of carbonyl (C=O) groups is 1. The van der Waals surface area contributed by atoms with Crippen LogP contribution in [-0.2, 0) is 27.5 Å². The molecule has 0 amide bonds. The highest BCUT2D eigenvalue weighted by Gasteiger charge is 2.40. The first-order valence-corrected chi connectivity index (χ1v) is 9.11. The van der Waals surface area contributed by atoms with Gasteiger partial charge in [0.05, 0.1) is 30.3 Å². The van der Waals surface area contributed by atoms with Crippen LogP contribution in [-0.4, -0.2) is 31.4 Å². The van der Waals surface area contributed by atoms with Crippen LogP contribution < -0.4 is 4.74 Å². The predicted octanol–water partition coefficient (Wildman–Crippen LogP) is 5.89. The van der Waals surface area contributed by atoms with Gasteiger partial charge in [-0.25, -0.2) is 9.18 Å². The van der Waals surface area contributed by atoms with Crippen molar-refractivity contribution in [2.24, 2.45) is 7.05 Å². The zero-order valence-corrected chi connectivity index (χ0v) is 17.9. The van der Waals surface area contributed by atoms with Gasteiger partial charge in [0.2, 0.25) is 0 Å². The number of ether oxygens (including phenoxy) is 3. The molecule has 2 aromatic rings. The van der Waals surface area contributed by atoms with Crippen molar-refractivity contribution in [3.63, 3.8) is 0 Å². The second kappa shape index (κ2) is 9.36. The molecule has 1 heterocycles. The second-order valence-corrected chi connectivity index (χ2v) is 6.92. The van der Waals surface area contributed by atoms with E-state index in [0.29, 0.717) is 4.57 Å². The summed E-state index contributed by atoms with van der Waals surface area (Å²) in [7, 11) is 3.49. The number of benzene rings is 1. The highest BCUT2D eigenvalue weighted by atomic mass is 35.5. The molecule has 0 saturated heterocycles. The first-order chi connectivity index (χ1) is 13.9. The van der Waals surface area contributed by atoms with E-state index < -0.39 is 33.8 Å². The van der Waals surface area contributed by atoms with E-state index in [1.165, 1.54) is 14.2 Å². The highest BCUT2D eigenvalue weighted by molar-refractivity contribution is 6.40. The maximum absolute atomic E-state index is 14.6. The van der Waals surface area contributed by atoms with Crippen molar-refractivity contribution in [2.75, 3.05) is 20.8 Å². The summed E-state index contributed by atoms with van der Waals surface area (Å²) in [5.41, 5.74) is -1.96. The molecule has 30 heavy (non-hydrogen) atoms. The van der Waals surface area contributed by atoms with Gasteiger partial charge in [-0.1, -0.05) is 34.8 Å². The van der Waals surface area contributed by atoms with E-state index in [4.69, 9.17) is 44.3 Å². The van der Waals surface area contributed by atoms with Crippen LogP contribution in [0.15, 0.2) is 24.0 Å². The van der Waals surface area contributed by atoms with Crippen LogP contribution in [0.3, 0.4) is 0 Å². The molecule has 1 aromatic heterocycles. The second-order valence-electron chi connectivity index (χ2n) is 5.77. The van der Waals surface area contributed by atoms with Crippen molar-refractivity contribution in [3.8, 4) is 16.9 Å². The van der Waals surface area contributed by atoms with Gasteiger partial charge in [-0.3, -0.25) is 0 Å². The number of hydrogen-bond acceptors (Lipinski definition) is 4. The maximum Gasteiger partial charge on any atom is 0.432 e. The van der Waals surface area contributed by atoms with E-state index >= 15 is 0 Å². The summed E-state index contributed by atoms with van der Waals surface area (Å²) in [6.45, 7) is -0.305. The number of esters is 1. The number of alkyl halides is 3. The van der Waals surface area contributed by atoms with Crippen LogP contribution in [0, 0.1) is 5.82 Å². The van der Waals surface area contributed by atoms with Crippen molar-refractivity contribution in [2.45, 2.75) is 6.18 Å². The molecule has 5 nitrogen and oxygen atoms in total. The normalized spacial score (nSPS) is 12.1. The molecule has 0 spiro atoms. The van der Waals surface area contributed by atoms with E-state index in [1.54, 1.807) is 0 Å². The van der Waals surface area contributed by atoms with Crippen LogP contribution in [0.2, 0.25) is 15.2 Å². The fourth-order valence-corrected chi connectivity index (χ4v) is 3.46. The van der Waals surface area contributed by atoms with E-state index in [0.717, 1.165) is 25.3 Å². The Bertz CT molecular complexity index is 1000. The number of hydrogen-bond donors (Lipinski definition) is 0. The quantitative estimate of drug-likeness (QED) is 0.219. The first kappa shape index (κ1) is 24.2. The molecule has 12 heteroatoms. The molecule has 1 aromatic carbocycles. The molecular formula is C18H14Cl3F4NO4. The molecule has 164 valence electrons. The topological polar surface area (TPSA) is 49.7 Å². The lowest BCUT2D eigenvalue weighted by atomic mass is 10.1. The molecule has 0 fully saturated rings. The summed E-state index contributed by atoms with van der Waals surface area (Å²) in [6.07, 6.45) is -3.80. The Morgan fingerprint density at radius 1 is 1.17 bits per heavy atom. The molecule has 2 rings (SSSR count). The van der Waals surface area contributed by atoms with Gasteiger partial charge in [-0.2, -0.15) is 13.2 Å².